The summed E-state index contributed by atoms with van der Waals surface area (Å²) in [5.41, 5.74) is 0.915. The quantitative estimate of drug-likeness (QED) is 0.787. The number of hydrogen-bond acceptors (Lipinski definition) is 3. The minimum Gasteiger partial charge on any atom is -0.339 e. The van der Waals surface area contributed by atoms with Crippen LogP contribution in [0, 0.1) is 0 Å². The molecule has 1 fully saturated rings. The predicted octanol–water partition coefficient (Wildman–Crippen LogP) is 3.59. The largest absolute Gasteiger partial charge is 0.339 e. The smallest absolute Gasteiger partial charge is 0.216 e. The van der Waals surface area contributed by atoms with E-state index in [1.165, 1.54) is 0 Å². The lowest BCUT2D eigenvalue weighted by Crippen LogP contribution is -2.43. The summed E-state index contributed by atoms with van der Waals surface area (Å²) in [6.45, 7) is 5.91. The van der Waals surface area contributed by atoms with Crippen molar-refractivity contribution in [2.45, 2.75) is 51.6 Å². The maximum Gasteiger partial charge on any atom is 0.216 e. The number of hydrogen-bond donors (Lipinski definition) is 0. The summed E-state index contributed by atoms with van der Waals surface area (Å²) in [5, 5.41) is 0. The molecule has 1 aliphatic heterocycles. The Morgan fingerprint density at radius 1 is 1.25 bits per heavy atom. The van der Waals surface area contributed by atoms with Crippen LogP contribution in [0.5, 0.6) is 0 Å². The van der Waals surface area contributed by atoms with Crippen molar-refractivity contribution >= 4 is 5.78 Å². The molecule has 0 aromatic heterocycles. The summed E-state index contributed by atoms with van der Waals surface area (Å²) in [6.07, 6.45) is 4.81. The third kappa shape index (κ3) is 3.35. The topological polar surface area (TPSA) is 35.5 Å². The van der Waals surface area contributed by atoms with Gasteiger partial charge in [-0.1, -0.05) is 37.3 Å². The SMILES string of the molecule is CCC(=O)/C=C/C1(c2ccccc2)O[C@H](C)C[C@@H](C)O1. The van der Waals surface area contributed by atoms with Gasteiger partial charge in [-0.15, -0.1) is 0 Å². The van der Waals surface area contributed by atoms with E-state index in [1.807, 2.05) is 51.1 Å². The molecule has 20 heavy (non-hydrogen) atoms. The Labute approximate surface area is 120 Å². The second kappa shape index (κ2) is 6.33. The van der Waals surface area contributed by atoms with Crippen molar-refractivity contribution in [2.24, 2.45) is 0 Å². The molecule has 0 aliphatic carbocycles. The average molecular weight is 274 g/mol. The standard InChI is InChI=1S/C17H22O3/c1-4-16(18)10-11-17(15-8-6-5-7-9-15)19-13(2)12-14(3)20-17/h5-11,13-14H,4,12H2,1-3H3/b11-10+/t13-,14-/m1/s1. The molecule has 1 aliphatic rings. The van der Waals surface area contributed by atoms with E-state index in [9.17, 15) is 4.79 Å². The molecule has 1 aromatic carbocycles. The maximum absolute atomic E-state index is 11.6. The van der Waals surface area contributed by atoms with Gasteiger partial charge in [0.2, 0.25) is 5.79 Å². The van der Waals surface area contributed by atoms with Gasteiger partial charge in [-0.2, -0.15) is 0 Å². The van der Waals surface area contributed by atoms with Crippen LogP contribution in [0.2, 0.25) is 0 Å². The number of allylic oxidation sites excluding steroid dienone is 1. The van der Waals surface area contributed by atoms with E-state index in [1.54, 1.807) is 12.2 Å². The molecule has 1 heterocycles. The Hall–Kier alpha value is -1.45. The van der Waals surface area contributed by atoms with E-state index in [4.69, 9.17) is 9.47 Å². The summed E-state index contributed by atoms with van der Waals surface area (Å²) in [4.78, 5) is 11.6. The lowest BCUT2D eigenvalue weighted by Gasteiger charge is -2.41. The zero-order valence-corrected chi connectivity index (χ0v) is 12.3. The summed E-state index contributed by atoms with van der Waals surface area (Å²) in [7, 11) is 0. The molecule has 108 valence electrons. The summed E-state index contributed by atoms with van der Waals surface area (Å²) in [5.74, 6) is -0.887. The number of carbonyl (C=O) groups excluding carboxylic acids is 1. The highest BCUT2D eigenvalue weighted by Gasteiger charge is 2.39. The molecular formula is C17H22O3. The average Bonchev–Trinajstić information content (AvgIpc) is 2.44. The fourth-order valence-corrected chi connectivity index (χ4v) is 2.49. The van der Waals surface area contributed by atoms with Crippen molar-refractivity contribution in [2.75, 3.05) is 0 Å². The van der Waals surface area contributed by atoms with E-state index in [2.05, 4.69) is 0 Å². The van der Waals surface area contributed by atoms with Gasteiger partial charge in [0.25, 0.3) is 0 Å². The lowest BCUT2D eigenvalue weighted by atomic mass is 10.0. The van der Waals surface area contributed by atoms with E-state index in [0.717, 1.165) is 12.0 Å². The Kier molecular flexibility index (Phi) is 4.73. The summed E-state index contributed by atoms with van der Waals surface area (Å²) in [6, 6.07) is 9.78. The maximum atomic E-state index is 11.6. The molecule has 0 radical (unpaired) electrons. The minimum atomic E-state index is -0.955. The zero-order valence-electron chi connectivity index (χ0n) is 12.3. The number of ketones is 1. The van der Waals surface area contributed by atoms with E-state index in [-0.39, 0.29) is 18.0 Å². The molecule has 1 aromatic rings. The summed E-state index contributed by atoms with van der Waals surface area (Å²) >= 11 is 0. The highest BCUT2D eigenvalue weighted by Crippen LogP contribution is 2.37. The van der Waals surface area contributed by atoms with Gasteiger partial charge in [0.1, 0.15) is 0 Å². The van der Waals surface area contributed by atoms with Crippen LogP contribution in [0.4, 0.5) is 0 Å². The molecule has 0 unspecified atom stereocenters. The van der Waals surface area contributed by atoms with Crippen molar-refractivity contribution in [3.63, 3.8) is 0 Å². The number of ether oxygens (including phenoxy) is 2. The Bertz CT molecular complexity index is 468. The molecule has 0 spiro atoms. The Morgan fingerprint density at radius 3 is 2.40 bits per heavy atom. The highest BCUT2D eigenvalue weighted by molar-refractivity contribution is 5.89. The van der Waals surface area contributed by atoms with Crippen molar-refractivity contribution in [1.82, 2.24) is 0 Å². The molecule has 2 rings (SSSR count). The monoisotopic (exact) mass is 274 g/mol. The molecule has 0 saturated carbocycles. The van der Waals surface area contributed by atoms with Crippen LogP contribution in [-0.2, 0) is 20.1 Å². The first-order chi connectivity index (χ1) is 9.55. The number of carbonyl (C=O) groups is 1. The van der Waals surface area contributed by atoms with Crippen LogP contribution < -0.4 is 0 Å². The van der Waals surface area contributed by atoms with E-state index >= 15 is 0 Å². The van der Waals surface area contributed by atoms with Gasteiger partial charge in [0, 0.05) is 12.0 Å². The molecule has 1 saturated heterocycles. The van der Waals surface area contributed by atoms with Gasteiger partial charge in [-0.05, 0) is 32.4 Å². The predicted molar refractivity (Wildman–Crippen MR) is 78.3 cm³/mol. The first-order valence-corrected chi connectivity index (χ1v) is 7.19. The van der Waals surface area contributed by atoms with Gasteiger partial charge in [0.15, 0.2) is 5.78 Å². The molecule has 3 heteroatoms. The molecule has 0 N–H and O–H groups in total. The van der Waals surface area contributed by atoms with Crippen molar-refractivity contribution < 1.29 is 14.3 Å². The van der Waals surface area contributed by atoms with Crippen LogP contribution in [-0.4, -0.2) is 18.0 Å². The third-order valence-electron chi connectivity index (χ3n) is 3.43. The number of benzene rings is 1. The molecule has 0 bridgehead atoms. The van der Waals surface area contributed by atoms with Crippen LogP contribution in [0.3, 0.4) is 0 Å². The van der Waals surface area contributed by atoms with Crippen LogP contribution in [0.25, 0.3) is 0 Å². The van der Waals surface area contributed by atoms with Crippen molar-refractivity contribution in [3.8, 4) is 0 Å². The second-order valence-corrected chi connectivity index (χ2v) is 5.28. The van der Waals surface area contributed by atoms with Gasteiger partial charge in [-0.3, -0.25) is 4.79 Å². The second-order valence-electron chi connectivity index (χ2n) is 5.28. The highest BCUT2D eigenvalue weighted by atomic mass is 16.7. The van der Waals surface area contributed by atoms with E-state index in [0.29, 0.717) is 6.42 Å². The Balaban J connectivity index is 2.38. The first-order valence-electron chi connectivity index (χ1n) is 7.19. The zero-order chi connectivity index (χ0) is 14.6. The van der Waals surface area contributed by atoms with E-state index < -0.39 is 5.79 Å². The van der Waals surface area contributed by atoms with Crippen molar-refractivity contribution in [3.05, 3.63) is 48.0 Å². The molecule has 0 amide bonds. The van der Waals surface area contributed by atoms with Gasteiger partial charge < -0.3 is 9.47 Å². The van der Waals surface area contributed by atoms with Crippen LogP contribution >= 0.6 is 0 Å². The lowest BCUT2D eigenvalue weighted by molar-refractivity contribution is -0.293. The third-order valence-corrected chi connectivity index (χ3v) is 3.43. The summed E-state index contributed by atoms with van der Waals surface area (Å²) < 4.78 is 12.1. The van der Waals surface area contributed by atoms with Gasteiger partial charge in [-0.25, -0.2) is 0 Å². The number of rotatable bonds is 4. The molecular weight excluding hydrogens is 252 g/mol. The van der Waals surface area contributed by atoms with Gasteiger partial charge in [0.05, 0.1) is 12.2 Å². The van der Waals surface area contributed by atoms with Crippen LogP contribution in [0.1, 0.15) is 39.2 Å². The minimum absolute atomic E-state index is 0.0679. The Morgan fingerprint density at radius 2 is 1.85 bits per heavy atom. The fourth-order valence-electron chi connectivity index (χ4n) is 2.49. The molecule has 3 nitrogen and oxygen atoms in total. The molecule has 2 atom stereocenters. The normalized spacial score (nSPS) is 30.6. The van der Waals surface area contributed by atoms with Gasteiger partial charge >= 0.3 is 0 Å². The fraction of sp³-hybridized carbons (Fsp3) is 0.471. The van der Waals surface area contributed by atoms with Crippen LogP contribution in [0.15, 0.2) is 42.5 Å². The first kappa shape index (κ1) is 14.9. The van der Waals surface area contributed by atoms with Crippen molar-refractivity contribution in [1.29, 1.82) is 0 Å².